The third-order valence-corrected chi connectivity index (χ3v) is 4.74. The first kappa shape index (κ1) is 36.8. The van der Waals surface area contributed by atoms with Gasteiger partial charge in [0, 0.05) is 38.1 Å². The molecule has 0 bridgehead atoms. The maximum Gasteiger partial charge on any atom is 0 e. The Kier molecular flexibility index (Phi) is 29.3. The SMILES string of the molecule is C1CCC(C2CCCC[N-]2)[N-]C1.Cl[c-]1cccc1.Clc1ccc[cH-]1.[CH3-].[CH3-].[CH3-].[Fe].[Pt]. The van der Waals surface area contributed by atoms with Crippen LogP contribution in [0.2, 0.25) is 10.0 Å². The Hall–Kier alpha value is 0.408. The van der Waals surface area contributed by atoms with Crippen LogP contribution in [0.15, 0.2) is 48.5 Å². The summed E-state index contributed by atoms with van der Waals surface area (Å²) in [6.07, 6.45) is 7.97. The van der Waals surface area contributed by atoms with Gasteiger partial charge in [-0.15, -0.1) is 24.7 Å². The van der Waals surface area contributed by atoms with Crippen molar-refractivity contribution in [3.63, 3.8) is 0 Å². The van der Waals surface area contributed by atoms with E-state index in [1.54, 1.807) is 0 Å². The second kappa shape index (κ2) is 23.1. The number of hydrogen-bond donors (Lipinski definition) is 0. The van der Waals surface area contributed by atoms with Gasteiger partial charge < -0.3 is 32.9 Å². The molecule has 0 N–H and O–H groups in total. The predicted molar refractivity (Wildman–Crippen MR) is 125 cm³/mol. The fraction of sp³-hybridized carbons (Fsp3) is 0.435. The van der Waals surface area contributed by atoms with E-state index in [0.717, 1.165) is 23.1 Å². The molecule has 2 atom stereocenters. The van der Waals surface area contributed by atoms with Crippen LogP contribution in [0.3, 0.4) is 0 Å². The molecule has 2 fully saturated rings. The van der Waals surface area contributed by atoms with Gasteiger partial charge in [-0.25, -0.2) is 18.2 Å². The fourth-order valence-corrected chi connectivity index (χ4v) is 3.25. The van der Waals surface area contributed by atoms with Crippen molar-refractivity contribution in [1.29, 1.82) is 0 Å². The van der Waals surface area contributed by atoms with Gasteiger partial charge in [-0.05, 0) is 0 Å². The van der Waals surface area contributed by atoms with Gasteiger partial charge in [0.05, 0.1) is 0 Å². The number of rotatable bonds is 1. The summed E-state index contributed by atoms with van der Waals surface area (Å²) < 4.78 is 0. The third kappa shape index (κ3) is 16.7. The molecule has 2 aliphatic rings. The molecule has 4 rings (SSSR count). The number of nitrogens with zero attached hydrogens (tertiary/aromatic N) is 2. The molecular weight excluding hydrogens is 626 g/mol. The summed E-state index contributed by atoms with van der Waals surface area (Å²) in [4.78, 5) is 0. The van der Waals surface area contributed by atoms with Crippen LogP contribution >= 0.6 is 23.2 Å². The van der Waals surface area contributed by atoms with Crippen molar-refractivity contribution in [2.24, 2.45) is 0 Å². The monoisotopic (exact) mass is 660 g/mol. The molecule has 2 aliphatic heterocycles. The van der Waals surface area contributed by atoms with Gasteiger partial charge >= 0.3 is 0 Å². The van der Waals surface area contributed by atoms with E-state index in [2.05, 4.69) is 10.6 Å². The molecule has 29 heavy (non-hydrogen) atoms. The maximum absolute atomic E-state index is 5.46. The molecule has 6 heteroatoms. The van der Waals surface area contributed by atoms with E-state index >= 15 is 0 Å². The van der Waals surface area contributed by atoms with E-state index in [1.165, 1.54) is 38.5 Å². The summed E-state index contributed by atoms with van der Waals surface area (Å²) in [5.41, 5.74) is 0. The van der Waals surface area contributed by atoms with E-state index in [0.29, 0.717) is 12.1 Å². The first-order valence-corrected chi connectivity index (χ1v) is 9.59. The molecule has 0 spiro atoms. The zero-order chi connectivity index (χ0) is 17.0. The second-order valence-corrected chi connectivity index (χ2v) is 7.02. The van der Waals surface area contributed by atoms with Crippen molar-refractivity contribution < 1.29 is 38.1 Å². The van der Waals surface area contributed by atoms with Crippen LogP contribution in [0, 0.1) is 22.3 Å². The Morgan fingerprint density at radius 3 is 1.55 bits per heavy atom. The van der Waals surface area contributed by atoms with Gasteiger partial charge in [0.25, 0.3) is 0 Å². The standard InChI is InChI=1S/C10H18N2.2C5H4Cl.3CH3.Fe.Pt/c1-3-7-11-9(5-1)10-6-2-4-8-12-10;2*6-5-3-1-2-4-5;;;;;/h9-10H,1-8H2;2*1-4H;3*1H3;;/q-2;5*-1;;. The summed E-state index contributed by atoms with van der Waals surface area (Å²) in [7, 11) is 0. The summed E-state index contributed by atoms with van der Waals surface area (Å²) in [5, 5.41) is 10.9. The average Bonchev–Trinajstić information content (AvgIpc) is 3.31. The minimum atomic E-state index is 0. The summed E-state index contributed by atoms with van der Waals surface area (Å²) >= 11 is 10.9. The molecule has 0 saturated carbocycles. The molecule has 2 unspecified atom stereocenters. The Bertz CT molecular complexity index is 461. The molecule has 0 radical (unpaired) electrons. The zero-order valence-corrected chi connectivity index (χ0v) is 22.6. The van der Waals surface area contributed by atoms with Crippen molar-refractivity contribution in [2.45, 2.75) is 50.6 Å². The van der Waals surface area contributed by atoms with Crippen LogP contribution in [0.1, 0.15) is 38.5 Å². The smallest absolute Gasteiger partial charge is 0 e. The predicted octanol–water partition coefficient (Wildman–Crippen LogP) is 8.30. The van der Waals surface area contributed by atoms with Crippen molar-refractivity contribution >= 4 is 23.2 Å². The molecule has 0 amide bonds. The Labute approximate surface area is 215 Å². The molecule has 2 aromatic carbocycles. The van der Waals surface area contributed by atoms with E-state index in [-0.39, 0.29) is 60.4 Å². The van der Waals surface area contributed by atoms with E-state index in [9.17, 15) is 0 Å². The molecular formula is C23H35Cl2FeN2Pt-7. The summed E-state index contributed by atoms with van der Waals surface area (Å²) in [6, 6.07) is 16.2. The molecule has 2 saturated heterocycles. The third-order valence-electron chi connectivity index (χ3n) is 4.23. The number of piperidine rings is 2. The van der Waals surface area contributed by atoms with Crippen molar-refractivity contribution in [1.82, 2.24) is 0 Å². The Balaban J connectivity index is -0.000000161. The van der Waals surface area contributed by atoms with Gasteiger partial charge in [0.15, 0.2) is 0 Å². The van der Waals surface area contributed by atoms with Gasteiger partial charge in [0.2, 0.25) is 0 Å². The normalized spacial score (nSPS) is 19.4. The van der Waals surface area contributed by atoms with Crippen molar-refractivity contribution in [3.8, 4) is 0 Å². The minimum Gasteiger partial charge on any atom is -0.661 e. The van der Waals surface area contributed by atoms with E-state index in [1.807, 2.05) is 48.5 Å². The van der Waals surface area contributed by atoms with Gasteiger partial charge in [-0.2, -0.15) is 54.0 Å². The number of halogens is 2. The minimum absolute atomic E-state index is 0. The molecule has 176 valence electrons. The van der Waals surface area contributed by atoms with Crippen LogP contribution < -0.4 is 0 Å². The topological polar surface area (TPSA) is 28.2 Å². The van der Waals surface area contributed by atoms with Gasteiger partial charge in [0.1, 0.15) is 0 Å². The first-order chi connectivity index (χ1) is 11.8. The molecule has 2 nitrogen and oxygen atoms in total. The van der Waals surface area contributed by atoms with E-state index in [4.69, 9.17) is 23.2 Å². The molecule has 2 heterocycles. The number of hydrogen-bond acceptors (Lipinski definition) is 0. The van der Waals surface area contributed by atoms with E-state index < -0.39 is 0 Å². The van der Waals surface area contributed by atoms with Crippen LogP contribution in [-0.2, 0) is 38.1 Å². The second-order valence-electron chi connectivity index (χ2n) is 6.14. The largest absolute Gasteiger partial charge is 0.661 e. The average molecular weight is 661 g/mol. The fourth-order valence-electron chi connectivity index (χ4n) is 2.96. The van der Waals surface area contributed by atoms with Gasteiger partial charge in [-0.1, -0.05) is 48.6 Å². The summed E-state index contributed by atoms with van der Waals surface area (Å²) in [5.74, 6) is 0. The van der Waals surface area contributed by atoms with Gasteiger partial charge in [-0.3, -0.25) is 0 Å². The maximum atomic E-state index is 5.46. The summed E-state index contributed by atoms with van der Waals surface area (Å²) in [6.45, 7) is 2.19. The molecule has 2 aromatic rings. The van der Waals surface area contributed by atoms with Crippen LogP contribution in [0.4, 0.5) is 0 Å². The van der Waals surface area contributed by atoms with Crippen molar-refractivity contribution in [3.05, 3.63) is 91.5 Å². The van der Waals surface area contributed by atoms with Crippen LogP contribution in [0.25, 0.3) is 10.6 Å². The molecule has 0 aromatic heterocycles. The van der Waals surface area contributed by atoms with Crippen molar-refractivity contribution in [2.75, 3.05) is 13.1 Å². The Morgan fingerprint density at radius 2 is 1.34 bits per heavy atom. The van der Waals surface area contributed by atoms with Crippen LogP contribution in [0.5, 0.6) is 0 Å². The Morgan fingerprint density at radius 1 is 0.862 bits per heavy atom. The molecule has 0 aliphatic carbocycles. The quantitative estimate of drug-likeness (QED) is 0.218. The first-order valence-electron chi connectivity index (χ1n) is 8.83. The van der Waals surface area contributed by atoms with Crippen LogP contribution in [-0.4, -0.2) is 25.2 Å². The zero-order valence-electron chi connectivity index (χ0n) is 17.8.